The molecule has 0 aliphatic heterocycles. The van der Waals surface area contributed by atoms with Gasteiger partial charge in [0.25, 0.3) is 10.0 Å². The Morgan fingerprint density at radius 3 is 2.15 bits per heavy atom. The summed E-state index contributed by atoms with van der Waals surface area (Å²) in [6.45, 7) is 4.29. The lowest BCUT2D eigenvalue weighted by molar-refractivity contribution is -0.134. The summed E-state index contributed by atoms with van der Waals surface area (Å²) >= 11 is 0.857. The van der Waals surface area contributed by atoms with E-state index in [0.717, 1.165) is 30.7 Å². The molecule has 0 bridgehead atoms. The zero-order chi connectivity index (χ0) is 25.0. The van der Waals surface area contributed by atoms with Crippen LogP contribution < -0.4 is 9.04 Å². The van der Waals surface area contributed by atoms with E-state index in [9.17, 15) is 22.8 Å². The van der Waals surface area contributed by atoms with Crippen molar-refractivity contribution in [1.29, 1.82) is 0 Å². The number of carboxylic acid groups (broad SMARTS) is 1. The van der Waals surface area contributed by atoms with E-state index in [4.69, 9.17) is 9.84 Å². The van der Waals surface area contributed by atoms with Crippen LogP contribution in [0.4, 0.5) is 5.69 Å². The molecule has 3 rings (SSSR count). The van der Waals surface area contributed by atoms with Crippen LogP contribution in [0.2, 0.25) is 0 Å². The molecule has 0 radical (unpaired) electrons. The summed E-state index contributed by atoms with van der Waals surface area (Å²) in [5, 5.41) is 9.88. The van der Waals surface area contributed by atoms with Crippen LogP contribution in [0.1, 0.15) is 26.3 Å². The van der Waals surface area contributed by atoms with Gasteiger partial charge in [-0.1, -0.05) is 43.3 Å². The van der Waals surface area contributed by atoms with Gasteiger partial charge in [0.1, 0.15) is 0 Å². The van der Waals surface area contributed by atoms with Gasteiger partial charge >= 0.3 is 11.9 Å². The highest BCUT2D eigenvalue weighted by atomic mass is 32.2. The van der Waals surface area contributed by atoms with E-state index in [1.54, 1.807) is 36.4 Å². The maximum Gasteiger partial charge on any atom is 0.313 e. The number of carboxylic acids is 1. The highest BCUT2D eigenvalue weighted by molar-refractivity contribution is 8.00. The molecule has 1 amide bonds. The number of amides is 1. The molecular weight excluding hydrogens is 478 g/mol. The number of sulfonamides is 1. The monoisotopic (exact) mass is 501 g/mol. The standard InChI is InChI=1S/C24H23NO7S2/c1-4-17-9-11-18(12-10-17)34(30,31)25(15(2)26)21-13-22(33-14-23(28)29)24(32-16(3)27)20-8-6-5-7-19(20)21/h5-13H,4,14H2,1-3H3,(H,28,29). The topological polar surface area (TPSA) is 118 Å². The molecule has 178 valence electrons. The first kappa shape index (κ1) is 25.3. The van der Waals surface area contributed by atoms with Gasteiger partial charge in [-0.15, -0.1) is 11.8 Å². The van der Waals surface area contributed by atoms with E-state index >= 15 is 0 Å². The van der Waals surface area contributed by atoms with Gasteiger partial charge < -0.3 is 9.84 Å². The van der Waals surface area contributed by atoms with Crippen molar-refractivity contribution in [2.75, 3.05) is 10.1 Å². The summed E-state index contributed by atoms with van der Waals surface area (Å²) in [6.07, 6.45) is 0.725. The van der Waals surface area contributed by atoms with Crippen molar-refractivity contribution in [2.45, 2.75) is 37.0 Å². The number of aliphatic carboxylic acids is 1. The molecule has 0 heterocycles. The maximum atomic E-state index is 13.6. The first-order valence-corrected chi connectivity index (χ1v) is 12.7. The van der Waals surface area contributed by atoms with E-state index in [2.05, 4.69) is 0 Å². The Bertz CT molecular complexity index is 1370. The largest absolute Gasteiger partial charge is 0.481 e. The van der Waals surface area contributed by atoms with Gasteiger partial charge in [0.15, 0.2) is 5.75 Å². The number of nitrogens with zero attached hydrogens (tertiary/aromatic N) is 1. The molecule has 34 heavy (non-hydrogen) atoms. The van der Waals surface area contributed by atoms with E-state index in [0.29, 0.717) is 15.1 Å². The minimum absolute atomic E-state index is 0.0338. The molecule has 0 aliphatic carbocycles. The van der Waals surface area contributed by atoms with Crippen molar-refractivity contribution >= 4 is 56.1 Å². The van der Waals surface area contributed by atoms with Gasteiger partial charge in [-0.2, -0.15) is 0 Å². The molecule has 0 atom stereocenters. The molecule has 3 aromatic carbocycles. The van der Waals surface area contributed by atoms with Gasteiger partial charge in [0.2, 0.25) is 5.91 Å². The smallest absolute Gasteiger partial charge is 0.313 e. The molecule has 8 nitrogen and oxygen atoms in total. The highest BCUT2D eigenvalue weighted by Gasteiger charge is 2.31. The third-order valence-electron chi connectivity index (χ3n) is 4.91. The Hall–Kier alpha value is -3.37. The van der Waals surface area contributed by atoms with Crippen LogP contribution in [0.3, 0.4) is 0 Å². The first-order chi connectivity index (χ1) is 16.1. The van der Waals surface area contributed by atoms with Crippen LogP contribution in [0, 0.1) is 0 Å². The number of esters is 1. The second-order valence-electron chi connectivity index (χ2n) is 7.33. The predicted molar refractivity (Wildman–Crippen MR) is 130 cm³/mol. The van der Waals surface area contributed by atoms with Gasteiger partial charge in [0, 0.05) is 24.6 Å². The summed E-state index contributed by atoms with van der Waals surface area (Å²) in [7, 11) is -4.30. The summed E-state index contributed by atoms with van der Waals surface area (Å²) in [4.78, 5) is 35.9. The fraction of sp³-hybridized carbons (Fsp3) is 0.208. The number of carbonyl (C=O) groups excluding carboxylic acids is 2. The average Bonchev–Trinajstić information content (AvgIpc) is 2.78. The molecule has 0 aliphatic rings. The SMILES string of the molecule is CCc1ccc(S(=O)(=O)N(C(C)=O)c2cc(SCC(=O)O)c(OC(C)=O)c3ccccc23)cc1. The minimum atomic E-state index is -4.30. The van der Waals surface area contributed by atoms with Crippen LogP contribution in [0.5, 0.6) is 5.75 Å². The number of ether oxygens (including phenoxy) is 1. The summed E-state index contributed by atoms with van der Waals surface area (Å²) in [5.74, 6) is -2.75. The Labute approximate surface area is 201 Å². The van der Waals surface area contributed by atoms with Crippen LogP contribution >= 0.6 is 11.8 Å². The Morgan fingerprint density at radius 1 is 1.00 bits per heavy atom. The van der Waals surface area contributed by atoms with Crippen molar-refractivity contribution in [3.8, 4) is 5.75 Å². The quantitative estimate of drug-likeness (QED) is 0.277. The van der Waals surface area contributed by atoms with Crippen molar-refractivity contribution in [3.63, 3.8) is 0 Å². The van der Waals surface area contributed by atoms with Crippen LogP contribution in [0.15, 0.2) is 64.4 Å². The molecule has 0 unspecified atom stereocenters. The zero-order valence-electron chi connectivity index (χ0n) is 18.8. The van der Waals surface area contributed by atoms with Crippen molar-refractivity contribution in [2.24, 2.45) is 0 Å². The fourth-order valence-corrected chi connectivity index (χ4v) is 5.64. The Morgan fingerprint density at radius 2 is 1.62 bits per heavy atom. The molecule has 0 aromatic heterocycles. The average molecular weight is 502 g/mol. The van der Waals surface area contributed by atoms with Crippen LogP contribution in [-0.2, 0) is 30.8 Å². The maximum absolute atomic E-state index is 13.6. The zero-order valence-corrected chi connectivity index (χ0v) is 20.4. The number of aryl methyl sites for hydroxylation is 1. The Balaban J connectivity index is 2.30. The van der Waals surface area contributed by atoms with E-state index < -0.39 is 27.9 Å². The van der Waals surface area contributed by atoms with Gasteiger partial charge in [-0.05, 0) is 30.2 Å². The Kier molecular flexibility index (Phi) is 7.63. The number of hydrogen-bond acceptors (Lipinski definition) is 7. The van der Waals surface area contributed by atoms with Crippen LogP contribution in [0.25, 0.3) is 10.8 Å². The van der Waals surface area contributed by atoms with E-state index in [-0.39, 0.29) is 27.0 Å². The number of thioether (sulfide) groups is 1. The number of fused-ring (bicyclic) bond motifs is 1. The number of hydrogen-bond donors (Lipinski definition) is 1. The van der Waals surface area contributed by atoms with E-state index in [1.165, 1.54) is 25.1 Å². The number of benzene rings is 3. The summed E-state index contributed by atoms with van der Waals surface area (Å²) in [6, 6.07) is 14.2. The molecule has 0 saturated carbocycles. The fourth-order valence-electron chi connectivity index (χ4n) is 3.44. The molecule has 3 aromatic rings. The highest BCUT2D eigenvalue weighted by Crippen LogP contribution is 2.43. The number of carbonyl (C=O) groups is 3. The summed E-state index contributed by atoms with van der Waals surface area (Å²) < 4.78 is 33.2. The van der Waals surface area contributed by atoms with Gasteiger partial charge in [0.05, 0.1) is 21.2 Å². The molecule has 0 fully saturated rings. The third kappa shape index (κ3) is 5.23. The lowest BCUT2D eigenvalue weighted by atomic mass is 10.1. The number of anilines is 1. The predicted octanol–water partition coefficient (Wildman–Crippen LogP) is 4.25. The van der Waals surface area contributed by atoms with Crippen molar-refractivity contribution in [3.05, 3.63) is 60.2 Å². The van der Waals surface area contributed by atoms with Gasteiger partial charge in [-0.25, -0.2) is 12.7 Å². The second kappa shape index (κ2) is 10.3. The molecule has 1 N–H and O–H groups in total. The van der Waals surface area contributed by atoms with Crippen molar-refractivity contribution < 1.29 is 32.6 Å². The third-order valence-corrected chi connectivity index (χ3v) is 7.72. The first-order valence-electron chi connectivity index (χ1n) is 10.3. The number of rotatable bonds is 8. The van der Waals surface area contributed by atoms with Crippen LogP contribution in [-0.4, -0.2) is 37.1 Å². The molecule has 0 saturated heterocycles. The van der Waals surface area contributed by atoms with Gasteiger partial charge in [-0.3, -0.25) is 14.4 Å². The second-order valence-corrected chi connectivity index (χ2v) is 10.1. The molecule has 0 spiro atoms. The molecular formula is C24H23NO7S2. The van der Waals surface area contributed by atoms with E-state index in [1.807, 2.05) is 6.92 Å². The normalized spacial score (nSPS) is 11.3. The summed E-state index contributed by atoms with van der Waals surface area (Å²) in [5.41, 5.74) is 0.975. The molecule has 10 heteroatoms. The lowest BCUT2D eigenvalue weighted by Gasteiger charge is -2.24. The van der Waals surface area contributed by atoms with Crippen molar-refractivity contribution in [1.82, 2.24) is 0 Å². The minimum Gasteiger partial charge on any atom is -0.481 e. The lowest BCUT2D eigenvalue weighted by Crippen LogP contribution is -2.35.